The number of aromatic nitrogens is 1. The summed E-state index contributed by atoms with van der Waals surface area (Å²) in [6.07, 6.45) is 3.94. The van der Waals surface area contributed by atoms with E-state index in [0.29, 0.717) is 20.7 Å². The lowest BCUT2D eigenvalue weighted by atomic mass is 10.1. The summed E-state index contributed by atoms with van der Waals surface area (Å²) in [6, 6.07) is 15.5. The number of hydrogen-bond acceptors (Lipinski definition) is 4. The molecule has 2 aromatic carbocycles. The maximum absolute atomic E-state index is 13.0. The zero-order chi connectivity index (χ0) is 18.3. The SMILES string of the molecule is COc1ccccc1N1C(=O)/C(=C\c2cn(C)c3ccccc23)SC1=S. The zero-order valence-electron chi connectivity index (χ0n) is 14.3. The highest BCUT2D eigenvalue weighted by Crippen LogP contribution is 2.40. The van der Waals surface area contributed by atoms with Gasteiger partial charge in [0.2, 0.25) is 0 Å². The number of rotatable bonds is 3. The monoisotopic (exact) mass is 380 g/mol. The number of methoxy groups -OCH3 is 1. The fourth-order valence-electron chi connectivity index (χ4n) is 3.12. The molecule has 6 heteroatoms. The standard InChI is InChI=1S/C20H16N2O2S2/c1-21-12-13(14-7-3-4-8-15(14)21)11-18-19(23)22(20(25)26-18)16-9-5-6-10-17(16)24-2/h3-12H,1-2H3/b18-11+. The van der Waals surface area contributed by atoms with Gasteiger partial charge >= 0.3 is 0 Å². The van der Waals surface area contributed by atoms with Gasteiger partial charge in [0.15, 0.2) is 4.32 Å². The highest BCUT2D eigenvalue weighted by Gasteiger charge is 2.35. The van der Waals surface area contributed by atoms with Crippen LogP contribution in [0.2, 0.25) is 0 Å². The average Bonchev–Trinajstić information content (AvgIpc) is 3.12. The van der Waals surface area contributed by atoms with E-state index in [1.807, 2.05) is 55.7 Å². The van der Waals surface area contributed by atoms with Gasteiger partial charge in [-0.15, -0.1) is 0 Å². The molecule has 1 fully saturated rings. The van der Waals surface area contributed by atoms with Gasteiger partial charge < -0.3 is 9.30 Å². The van der Waals surface area contributed by atoms with E-state index in [1.165, 1.54) is 16.7 Å². The Morgan fingerprint density at radius 3 is 2.65 bits per heavy atom. The molecule has 1 aliphatic heterocycles. The average molecular weight is 380 g/mol. The largest absolute Gasteiger partial charge is 0.495 e. The van der Waals surface area contributed by atoms with E-state index in [2.05, 4.69) is 16.7 Å². The molecule has 3 aromatic rings. The molecule has 0 spiro atoms. The van der Waals surface area contributed by atoms with Gasteiger partial charge in [0, 0.05) is 29.7 Å². The van der Waals surface area contributed by atoms with Crippen molar-refractivity contribution in [1.29, 1.82) is 0 Å². The summed E-state index contributed by atoms with van der Waals surface area (Å²) in [5.74, 6) is 0.493. The molecule has 1 amide bonds. The zero-order valence-corrected chi connectivity index (χ0v) is 15.9. The van der Waals surface area contributed by atoms with Crippen LogP contribution >= 0.6 is 24.0 Å². The van der Waals surface area contributed by atoms with Crippen LogP contribution in [0.4, 0.5) is 5.69 Å². The maximum atomic E-state index is 13.0. The fraction of sp³-hybridized carbons (Fsp3) is 0.100. The summed E-state index contributed by atoms with van der Waals surface area (Å²) >= 11 is 6.78. The van der Waals surface area contributed by atoms with E-state index in [4.69, 9.17) is 17.0 Å². The predicted molar refractivity (Wildman–Crippen MR) is 112 cm³/mol. The molecule has 1 aliphatic rings. The fourth-order valence-corrected chi connectivity index (χ4v) is 4.39. The second-order valence-corrected chi connectivity index (χ2v) is 7.58. The lowest BCUT2D eigenvalue weighted by Gasteiger charge is -2.17. The van der Waals surface area contributed by atoms with Gasteiger partial charge in [-0.25, -0.2) is 0 Å². The number of anilines is 1. The number of thiocarbonyl (C=S) groups is 1. The molecule has 26 heavy (non-hydrogen) atoms. The Kier molecular flexibility index (Phi) is 4.30. The number of ether oxygens (including phenoxy) is 1. The van der Waals surface area contributed by atoms with Crippen molar-refractivity contribution < 1.29 is 9.53 Å². The van der Waals surface area contributed by atoms with E-state index in [-0.39, 0.29) is 5.91 Å². The van der Waals surface area contributed by atoms with E-state index in [9.17, 15) is 4.79 Å². The van der Waals surface area contributed by atoms with Crippen LogP contribution in [0.1, 0.15) is 5.56 Å². The first-order valence-corrected chi connectivity index (χ1v) is 9.27. The van der Waals surface area contributed by atoms with Crippen LogP contribution in [0.5, 0.6) is 5.75 Å². The number of hydrogen-bond donors (Lipinski definition) is 0. The molecule has 1 aromatic heterocycles. The summed E-state index contributed by atoms with van der Waals surface area (Å²) in [5.41, 5.74) is 2.79. The third kappa shape index (κ3) is 2.71. The molecule has 0 radical (unpaired) electrons. The molecule has 0 unspecified atom stereocenters. The maximum Gasteiger partial charge on any atom is 0.270 e. The number of carbonyl (C=O) groups excluding carboxylic acids is 1. The third-order valence-corrected chi connectivity index (χ3v) is 5.64. The molecule has 0 atom stereocenters. The summed E-state index contributed by atoms with van der Waals surface area (Å²) in [7, 11) is 3.59. The van der Waals surface area contributed by atoms with Crippen molar-refractivity contribution in [1.82, 2.24) is 4.57 Å². The number of carbonyl (C=O) groups is 1. The molecular formula is C20H16N2O2S2. The Morgan fingerprint density at radius 2 is 1.85 bits per heavy atom. The second kappa shape index (κ2) is 6.63. The van der Waals surface area contributed by atoms with Gasteiger partial charge in [-0.1, -0.05) is 54.3 Å². The van der Waals surface area contributed by atoms with E-state index in [1.54, 1.807) is 7.11 Å². The number of aryl methyl sites for hydroxylation is 1. The van der Waals surface area contributed by atoms with Crippen molar-refractivity contribution in [2.24, 2.45) is 7.05 Å². The van der Waals surface area contributed by atoms with Gasteiger partial charge in [-0.2, -0.15) is 0 Å². The molecule has 0 aliphatic carbocycles. The van der Waals surface area contributed by atoms with Gasteiger partial charge in [-0.05, 0) is 24.3 Å². The first-order chi connectivity index (χ1) is 12.6. The van der Waals surface area contributed by atoms with Gasteiger partial charge in [-0.3, -0.25) is 9.69 Å². The van der Waals surface area contributed by atoms with Gasteiger partial charge in [0.1, 0.15) is 5.75 Å². The van der Waals surface area contributed by atoms with Crippen molar-refractivity contribution >= 4 is 56.9 Å². The Labute approximate surface area is 161 Å². The normalized spacial score (nSPS) is 16.1. The van der Waals surface area contributed by atoms with Crippen LogP contribution in [-0.4, -0.2) is 21.9 Å². The Bertz CT molecular complexity index is 1070. The molecule has 0 N–H and O–H groups in total. The number of benzene rings is 2. The van der Waals surface area contributed by atoms with Crippen molar-refractivity contribution in [2.75, 3.05) is 12.0 Å². The first kappa shape index (κ1) is 16.9. The van der Waals surface area contributed by atoms with Crippen molar-refractivity contribution in [3.8, 4) is 5.75 Å². The van der Waals surface area contributed by atoms with Crippen LogP contribution in [0.3, 0.4) is 0 Å². The van der Waals surface area contributed by atoms with Crippen LogP contribution < -0.4 is 9.64 Å². The summed E-state index contributed by atoms with van der Waals surface area (Å²) in [4.78, 5) is 15.2. The van der Waals surface area contributed by atoms with Gasteiger partial charge in [0.25, 0.3) is 5.91 Å². The highest BCUT2D eigenvalue weighted by atomic mass is 32.2. The number of para-hydroxylation sites is 3. The van der Waals surface area contributed by atoms with Crippen LogP contribution in [0.15, 0.2) is 59.6 Å². The summed E-state index contributed by atoms with van der Waals surface area (Å²) in [6.45, 7) is 0. The van der Waals surface area contributed by atoms with Crippen molar-refractivity contribution in [3.05, 3.63) is 65.2 Å². The minimum Gasteiger partial charge on any atom is -0.495 e. The predicted octanol–water partition coefficient (Wildman–Crippen LogP) is 4.59. The van der Waals surface area contributed by atoms with E-state index in [0.717, 1.165) is 16.5 Å². The third-order valence-electron chi connectivity index (χ3n) is 4.33. The second-order valence-electron chi connectivity index (χ2n) is 5.90. The number of thioether (sulfide) groups is 1. The topological polar surface area (TPSA) is 34.5 Å². The molecule has 0 saturated carbocycles. The lowest BCUT2D eigenvalue weighted by Crippen LogP contribution is -2.27. The number of fused-ring (bicyclic) bond motifs is 1. The Morgan fingerprint density at radius 1 is 1.12 bits per heavy atom. The smallest absolute Gasteiger partial charge is 0.270 e. The molecule has 4 nitrogen and oxygen atoms in total. The van der Waals surface area contributed by atoms with E-state index >= 15 is 0 Å². The first-order valence-electron chi connectivity index (χ1n) is 8.05. The van der Waals surface area contributed by atoms with Crippen molar-refractivity contribution in [2.45, 2.75) is 0 Å². The van der Waals surface area contributed by atoms with Crippen LogP contribution in [0, 0.1) is 0 Å². The molecule has 130 valence electrons. The quantitative estimate of drug-likeness (QED) is 0.492. The molecular weight excluding hydrogens is 364 g/mol. The molecule has 4 rings (SSSR count). The van der Waals surface area contributed by atoms with Crippen LogP contribution in [0.25, 0.3) is 17.0 Å². The summed E-state index contributed by atoms with van der Waals surface area (Å²) in [5, 5.41) is 1.11. The summed E-state index contributed by atoms with van der Waals surface area (Å²) < 4.78 is 7.95. The Balaban J connectivity index is 1.76. The van der Waals surface area contributed by atoms with Crippen LogP contribution in [-0.2, 0) is 11.8 Å². The van der Waals surface area contributed by atoms with Crippen molar-refractivity contribution in [3.63, 3.8) is 0 Å². The van der Waals surface area contributed by atoms with Gasteiger partial charge in [0.05, 0.1) is 17.7 Å². The number of nitrogens with zero attached hydrogens (tertiary/aromatic N) is 2. The Hall–Kier alpha value is -2.57. The molecule has 0 bridgehead atoms. The number of amides is 1. The lowest BCUT2D eigenvalue weighted by molar-refractivity contribution is -0.113. The molecule has 1 saturated heterocycles. The van der Waals surface area contributed by atoms with E-state index < -0.39 is 0 Å². The minimum absolute atomic E-state index is 0.127. The molecule has 2 heterocycles. The minimum atomic E-state index is -0.127. The highest BCUT2D eigenvalue weighted by molar-refractivity contribution is 8.27.